The van der Waals surface area contributed by atoms with E-state index in [9.17, 15) is 9.32 Å². The second-order valence-electron chi connectivity index (χ2n) is 9.51. The summed E-state index contributed by atoms with van der Waals surface area (Å²) in [4.78, 5) is 21.5. The van der Waals surface area contributed by atoms with Crippen molar-refractivity contribution in [3.05, 3.63) is 35.6 Å². The zero-order valence-corrected chi connectivity index (χ0v) is 19.5. The first-order chi connectivity index (χ1) is 15.4. The first-order valence-electron chi connectivity index (χ1n) is 11.4. The molecule has 1 atom stereocenters. The molecule has 32 heavy (non-hydrogen) atoms. The summed E-state index contributed by atoms with van der Waals surface area (Å²) < 4.78 is 12.5. The minimum absolute atomic E-state index is 0.0525. The summed E-state index contributed by atoms with van der Waals surface area (Å²) in [5, 5.41) is 13.0. The predicted octanol–water partition coefficient (Wildman–Crippen LogP) is 2.67. The zero-order valence-electron chi connectivity index (χ0n) is 18.7. The molecule has 2 N–H and O–H groups in total. The third kappa shape index (κ3) is 4.15. The van der Waals surface area contributed by atoms with E-state index in [1.54, 1.807) is 0 Å². The maximum absolute atomic E-state index is 12.5. The first kappa shape index (κ1) is 21.5. The van der Waals surface area contributed by atoms with Crippen LogP contribution in [0.1, 0.15) is 62.5 Å². The fourth-order valence-corrected chi connectivity index (χ4v) is 5.59. The molecule has 4 heterocycles. The van der Waals surface area contributed by atoms with E-state index < -0.39 is 16.3 Å². The Morgan fingerprint density at radius 1 is 1.22 bits per heavy atom. The van der Waals surface area contributed by atoms with Crippen molar-refractivity contribution >= 4 is 28.1 Å². The Balaban J connectivity index is 1.36. The van der Waals surface area contributed by atoms with E-state index in [2.05, 4.69) is 26.3 Å². The largest absolute Gasteiger partial charge is 0.394 e. The lowest BCUT2D eigenvalue weighted by atomic mass is 9.81. The average Bonchev–Trinajstić information content (AvgIpc) is 3.14. The van der Waals surface area contributed by atoms with Gasteiger partial charge in [0.1, 0.15) is 10.7 Å². The van der Waals surface area contributed by atoms with Crippen LogP contribution in [0.25, 0.3) is 5.57 Å². The van der Waals surface area contributed by atoms with E-state index in [0.717, 1.165) is 30.1 Å². The van der Waals surface area contributed by atoms with Gasteiger partial charge in [0.15, 0.2) is 5.82 Å². The van der Waals surface area contributed by atoms with Crippen LogP contribution in [-0.4, -0.2) is 60.2 Å². The Morgan fingerprint density at radius 2 is 2.00 bits per heavy atom. The van der Waals surface area contributed by atoms with Gasteiger partial charge < -0.3 is 15.3 Å². The van der Waals surface area contributed by atoms with Crippen LogP contribution < -0.4 is 10.2 Å². The minimum Gasteiger partial charge on any atom is -0.394 e. The molecule has 0 aromatic carbocycles. The summed E-state index contributed by atoms with van der Waals surface area (Å²) in [5.41, 5.74) is 2.69. The van der Waals surface area contributed by atoms with Crippen LogP contribution in [0.5, 0.6) is 0 Å². The van der Waals surface area contributed by atoms with E-state index in [-0.39, 0.29) is 6.61 Å². The van der Waals surface area contributed by atoms with Crippen molar-refractivity contribution in [2.24, 2.45) is 0 Å². The highest BCUT2D eigenvalue weighted by Crippen LogP contribution is 2.36. The molecule has 5 rings (SSSR count). The summed E-state index contributed by atoms with van der Waals surface area (Å²) in [6.07, 6.45) is 11.4. The molecule has 0 unspecified atom stereocenters. The average molecular weight is 455 g/mol. The van der Waals surface area contributed by atoms with Crippen LogP contribution >= 0.6 is 0 Å². The second kappa shape index (κ2) is 8.51. The monoisotopic (exact) mass is 454 g/mol. The van der Waals surface area contributed by atoms with Gasteiger partial charge in [-0.2, -0.15) is 4.98 Å². The maximum Gasteiger partial charge on any atom is 0.227 e. The Bertz CT molecular complexity index is 1060. The molecule has 0 amide bonds. The second-order valence-corrected chi connectivity index (χ2v) is 11.0. The van der Waals surface area contributed by atoms with Gasteiger partial charge in [-0.3, -0.25) is 4.21 Å². The molecule has 8 nitrogen and oxygen atoms in total. The lowest BCUT2D eigenvalue weighted by Crippen LogP contribution is -2.36. The molecular formula is C23H30N6O2S. The molecule has 1 saturated carbocycles. The van der Waals surface area contributed by atoms with E-state index in [1.807, 2.05) is 26.2 Å². The van der Waals surface area contributed by atoms with Crippen molar-refractivity contribution in [1.29, 1.82) is 0 Å². The van der Waals surface area contributed by atoms with E-state index in [4.69, 9.17) is 9.97 Å². The smallest absolute Gasteiger partial charge is 0.227 e. The number of aliphatic hydroxyl groups excluding tert-OH is 1. The van der Waals surface area contributed by atoms with Gasteiger partial charge in [-0.1, -0.05) is 12.5 Å². The highest BCUT2D eigenvalue weighted by molar-refractivity contribution is 7.85. The number of fused-ring (bicyclic) bond motifs is 1. The number of hydrogen-bond acceptors (Lipinski definition) is 8. The van der Waals surface area contributed by atoms with Gasteiger partial charge in [0.05, 0.1) is 28.6 Å². The number of nitrogens with zero attached hydrogens (tertiary/aromatic N) is 5. The Labute approximate surface area is 191 Å². The van der Waals surface area contributed by atoms with Gasteiger partial charge in [-0.05, 0) is 50.2 Å². The molecule has 0 radical (unpaired) electrons. The number of nitrogens with one attached hydrogen (secondary N) is 1. The molecule has 0 bridgehead atoms. The topological polar surface area (TPSA) is 104 Å². The fraction of sp³-hybridized carbons (Fsp3) is 0.565. The molecule has 2 aromatic heterocycles. The molecule has 1 aliphatic carbocycles. The normalized spacial score (nSPS) is 21.2. The van der Waals surface area contributed by atoms with Crippen molar-refractivity contribution in [1.82, 2.24) is 19.9 Å². The number of anilines is 2. The van der Waals surface area contributed by atoms with Gasteiger partial charge in [0.2, 0.25) is 5.95 Å². The quantitative estimate of drug-likeness (QED) is 0.687. The SMILES string of the molecule is CC(C)(CO)Nc1nc(N2CC=C(c3ncc(C4CCC4)cn3)CC2)nc2c1[S@](=O)CC2. The van der Waals surface area contributed by atoms with Gasteiger partial charge in [0, 0.05) is 37.7 Å². The molecule has 9 heteroatoms. The van der Waals surface area contributed by atoms with Crippen molar-refractivity contribution in [2.75, 3.05) is 35.7 Å². The molecule has 3 aliphatic rings. The van der Waals surface area contributed by atoms with Gasteiger partial charge >= 0.3 is 0 Å². The Hall–Kier alpha value is -2.39. The minimum atomic E-state index is -1.11. The van der Waals surface area contributed by atoms with Crippen LogP contribution in [-0.2, 0) is 17.2 Å². The summed E-state index contributed by atoms with van der Waals surface area (Å²) in [6, 6.07) is 0. The highest BCUT2D eigenvalue weighted by Gasteiger charge is 2.30. The number of rotatable bonds is 6. The van der Waals surface area contributed by atoms with E-state index >= 15 is 0 Å². The molecule has 0 saturated heterocycles. The third-order valence-electron chi connectivity index (χ3n) is 6.56. The Kier molecular flexibility index (Phi) is 5.71. The molecule has 0 spiro atoms. The van der Waals surface area contributed by atoms with Crippen molar-refractivity contribution in [3.8, 4) is 0 Å². The van der Waals surface area contributed by atoms with Crippen molar-refractivity contribution in [2.45, 2.75) is 62.3 Å². The summed E-state index contributed by atoms with van der Waals surface area (Å²) in [5.74, 6) is 3.23. The Morgan fingerprint density at radius 3 is 2.62 bits per heavy atom. The van der Waals surface area contributed by atoms with Crippen molar-refractivity contribution in [3.63, 3.8) is 0 Å². The van der Waals surface area contributed by atoms with E-state index in [0.29, 0.717) is 41.3 Å². The lowest BCUT2D eigenvalue weighted by Gasteiger charge is -2.29. The third-order valence-corrected chi connectivity index (χ3v) is 8.01. The highest BCUT2D eigenvalue weighted by atomic mass is 32.2. The maximum atomic E-state index is 12.5. The van der Waals surface area contributed by atoms with Gasteiger partial charge in [-0.25, -0.2) is 15.0 Å². The first-order valence-corrected chi connectivity index (χ1v) is 12.7. The van der Waals surface area contributed by atoms with Crippen LogP contribution in [0.4, 0.5) is 11.8 Å². The predicted molar refractivity (Wildman–Crippen MR) is 125 cm³/mol. The molecular weight excluding hydrogens is 424 g/mol. The molecule has 2 aliphatic heterocycles. The van der Waals surface area contributed by atoms with Crippen LogP contribution in [0.3, 0.4) is 0 Å². The van der Waals surface area contributed by atoms with Gasteiger partial charge in [0.25, 0.3) is 0 Å². The number of aromatic nitrogens is 4. The van der Waals surface area contributed by atoms with Crippen molar-refractivity contribution < 1.29 is 9.32 Å². The standard InChI is InChI=1S/C23H30N6O2S/c1-23(2,14-30)28-21-19-18(8-11-32(19)31)26-22(27-21)29-9-6-16(7-10-29)20-24-12-17(13-25-20)15-4-3-5-15/h6,12-13,15,30H,3-5,7-11,14H2,1-2H3,(H,26,27,28)/t32-/m1/s1. The number of aliphatic hydroxyl groups is 1. The number of hydrogen-bond donors (Lipinski definition) is 2. The lowest BCUT2D eigenvalue weighted by molar-refractivity contribution is 0.233. The van der Waals surface area contributed by atoms with E-state index in [1.165, 1.54) is 24.8 Å². The summed E-state index contributed by atoms with van der Waals surface area (Å²) in [6.45, 7) is 5.18. The number of aryl methyl sites for hydroxylation is 1. The fourth-order valence-electron chi connectivity index (χ4n) is 4.28. The summed E-state index contributed by atoms with van der Waals surface area (Å²) >= 11 is 0. The van der Waals surface area contributed by atoms with Crippen LogP contribution in [0.2, 0.25) is 0 Å². The molecule has 2 aromatic rings. The van der Waals surface area contributed by atoms with Crippen LogP contribution in [0.15, 0.2) is 23.4 Å². The zero-order chi connectivity index (χ0) is 22.3. The van der Waals surface area contributed by atoms with Gasteiger partial charge in [-0.15, -0.1) is 0 Å². The molecule has 170 valence electrons. The molecule has 1 fully saturated rings. The van der Waals surface area contributed by atoms with Crippen LogP contribution in [0, 0.1) is 0 Å². The summed E-state index contributed by atoms with van der Waals surface area (Å²) in [7, 11) is -1.11.